The molecule has 1 atom stereocenters. The van der Waals surface area contributed by atoms with Crippen molar-refractivity contribution in [2.24, 2.45) is 5.10 Å². The second-order valence-corrected chi connectivity index (χ2v) is 7.70. The van der Waals surface area contributed by atoms with Gasteiger partial charge in [0.25, 0.3) is 5.91 Å². The number of anilines is 1. The number of fused-ring (bicyclic) bond motifs is 1. The Kier molecular flexibility index (Phi) is 5.22. The van der Waals surface area contributed by atoms with Crippen molar-refractivity contribution in [2.75, 3.05) is 11.4 Å². The molecule has 27 heavy (non-hydrogen) atoms. The number of amides is 1. The van der Waals surface area contributed by atoms with Gasteiger partial charge < -0.3 is 10.0 Å². The van der Waals surface area contributed by atoms with Crippen molar-refractivity contribution >= 4 is 17.8 Å². The third kappa shape index (κ3) is 3.82. The van der Waals surface area contributed by atoms with Gasteiger partial charge in [0, 0.05) is 17.8 Å². The van der Waals surface area contributed by atoms with Crippen LogP contribution in [-0.2, 0) is 0 Å². The quantitative estimate of drug-likeness (QED) is 0.628. The number of aromatic hydroxyl groups is 1. The highest BCUT2D eigenvalue weighted by Crippen LogP contribution is 2.43. The van der Waals surface area contributed by atoms with E-state index >= 15 is 0 Å². The lowest BCUT2D eigenvalue weighted by molar-refractivity contribution is 0.0952. The van der Waals surface area contributed by atoms with E-state index < -0.39 is 5.91 Å². The number of hydrogen-bond acceptors (Lipinski definition) is 4. The Morgan fingerprint density at radius 2 is 2.07 bits per heavy atom. The SMILES string of the molecule is CCN1c2ccc(/C=N/NC(=O)c3ccccc3O)cc2[C@@H](C)CC1(C)C. The van der Waals surface area contributed by atoms with E-state index in [2.05, 4.69) is 55.3 Å². The van der Waals surface area contributed by atoms with Crippen LogP contribution in [0.3, 0.4) is 0 Å². The average molecular weight is 365 g/mol. The van der Waals surface area contributed by atoms with Crippen LogP contribution in [0.15, 0.2) is 47.6 Å². The molecule has 0 radical (unpaired) electrons. The summed E-state index contributed by atoms with van der Waals surface area (Å²) < 4.78 is 0. The summed E-state index contributed by atoms with van der Waals surface area (Å²) >= 11 is 0. The number of nitrogens with one attached hydrogen (secondary N) is 1. The highest BCUT2D eigenvalue weighted by Gasteiger charge is 2.35. The molecular weight excluding hydrogens is 338 g/mol. The van der Waals surface area contributed by atoms with Crippen LogP contribution in [0.2, 0.25) is 0 Å². The zero-order chi connectivity index (χ0) is 19.6. The van der Waals surface area contributed by atoms with Crippen molar-refractivity contribution in [3.05, 3.63) is 59.2 Å². The summed E-state index contributed by atoms with van der Waals surface area (Å²) in [7, 11) is 0. The fraction of sp³-hybridized carbons (Fsp3) is 0.364. The minimum atomic E-state index is -0.436. The Hall–Kier alpha value is -2.82. The summed E-state index contributed by atoms with van der Waals surface area (Å²) in [5.74, 6) is -0.0355. The Morgan fingerprint density at radius 3 is 2.78 bits per heavy atom. The predicted molar refractivity (Wildman–Crippen MR) is 110 cm³/mol. The Balaban J connectivity index is 1.78. The number of carbonyl (C=O) groups is 1. The maximum atomic E-state index is 12.1. The van der Waals surface area contributed by atoms with Crippen LogP contribution in [0.1, 0.15) is 61.5 Å². The van der Waals surface area contributed by atoms with E-state index in [-0.39, 0.29) is 16.9 Å². The van der Waals surface area contributed by atoms with Gasteiger partial charge in [-0.25, -0.2) is 5.43 Å². The molecule has 2 aromatic carbocycles. The predicted octanol–water partition coefficient (Wildman–Crippen LogP) is 4.27. The van der Waals surface area contributed by atoms with E-state index in [9.17, 15) is 9.90 Å². The lowest BCUT2D eigenvalue weighted by atomic mass is 9.79. The van der Waals surface area contributed by atoms with Gasteiger partial charge >= 0.3 is 0 Å². The molecule has 0 spiro atoms. The first-order chi connectivity index (χ1) is 12.8. The average Bonchev–Trinajstić information content (AvgIpc) is 2.62. The van der Waals surface area contributed by atoms with E-state index in [1.54, 1.807) is 24.4 Å². The normalized spacial score (nSPS) is 18.4. The van der Waals surface area contributed by atoms with Crippen molar-refractivity contribution in [1.82, 2.24) is 5.43 Å². The minimum absolute atomic E-state index is 0.0601. The standard InChI is InChI=1S/C22H27N3O2/c1-5-25-19-11-10-16(12-18(19)15(2)13-22(25,3)4)14-23-24-21(27)17-8-6-7-9-20(17)26/h6-12,14-15,26H,5,13H2,1-4H3,(H,24,27)/b23-14+/t15-/m0/s1. The number of hydrogen-bond donors (Lipinski definition) is 2. The molecule has 1 heterocycles. The second-order valence-electron chi connectivity index (χ2n) is 7.70. The molecule has 0 aromatic heterocycles. The number of phenolic OH excluding ortho intramolecular Hbond substituents is 1. The molecule has 0 unspecified atom stereocenters. The number of carbonyl (C=O) groups excluding carboxylic acids is 1. The summed E-state index contributed by atoms with van der Waals surface area (Å²) in [6.07, 6.45) is 2.74. The van der Waals surface area contributed by atoms with Gasteiger partial charge in [0.15, 0.2) is 0 Å². The maximum Gasteiger partial charge on any atom is 0.275 e. The van der Waals surface area contributed by atoms with Crippen molar-refractivity contribution < 1.29 is 9.90 Å². The third-order valence-corrected chi connectivity index (χ3v) is 5.25. The molecule has 142 valence electrons. The molecular formula is C22H27N3O2. The van der Waals surface area contributed by atoms with Crippen LogP contribution in [0.5, 0.6) is 5.75 Å². The van der Waals surface area contributed by atoms with E-state index in [1.165, 1.54) is 17.3 Å². The number of nitrogens with zero attached hydrogens (tertiary/aromatic N) is 2. The van der Waals surface area contributed by atoms with Crippen molar-refractivity contribution in [1.29, 1.82) is 0 Å². The molecule has 2 aromatic rings. The maximum absolute atomic E-state index is 12.1. The lowest BCUT2D eigenvalue weighted by Gasteiger charge is -2.47. The van der Waals surface area contributed by atoms with Crippen LogP contribution in [0.25, 0.3) is 0 Å². The van der Waals surface area contributed by atoms with Crippen molar-refractivity contribution in [3.8, 4) is 5.75 Å². The van der Waals surface area contributed by atoms with E-state index in [0.29, 0.717) is 5.92 Å². The first kappa shape index (κ1) is 19.0. The van der Waals surface area contributed by atoms with Gasteiger partial charge in [-0.1, -0.05) is 25.1 Å². The summed E-state index contributed by atoms with van der Waals surface area (Å²) in [6.45, 7) is 10.00. The van der Waals surface area contributed by atoms with Gasteiger partial charge in [-0.3, -0.25) is 4.79 Å². The molecule has 2 N–H and O–H groups in total. The smallest absolute Gasteiger partial charge is 0.275 e. The number of hydrazone groups is 1. The van der Waals surface area contributed by atoms with Gasteiger partial charge in [0.1, 0.15) is 5.75 Å². The monoisotopic (exact) mass is 365 g/mol. The molecule has 1 amide bonds. The van der Waals surface area contributed by atoms with Crippen LogP contribution in [-0.4, -0.2) is 29.3 Å². The zero-order valence-electron chi connectivity index (χ0n) is 16.4. The molecule has 5 heteroatoms. The largest absolute Gasteiger partial charge is 0.507 e. The van der Waals surface area contributed by atoms with E-state index in [4.69, 9.17) is 0 Å². The number of rotatable bonds is 4. The molecule has 0 saturated heterocycles. The molecule has 0 saturated carbocycles. The van der Waals surface area contributed by atoms with Gasteiger partial charge in [0.05, 0.1) is 11.8 Å². The molecule has 1 aliphatic rings. The second kappa shape index (κ2) is 7.43. The third-order valence-electron chi connectivity index (χ3n) is 5.25. The number of phenols is 1. The number of benzene rings is 2. The van der Waals surface area contributed by atoms with Gasteiger partial charge in [-0.05, 0) is 68.5 Å². The fourth-order valence-corrected chi connectivity index (χ4v) is 4.08. The first-order valence-electron chi connectivity index (χ1n) is 9.36. The molecule has 0 bridgehead atoms. The molecule has 5 nitrogen and oxygen atoms in total. The molecule has 0 aliphatic carbocycles. The Morgan fingerprint density at radius 1 is 1.33 bits per heavy atom. The molecule has 0 fully saturated rings. The van der Waals surface area contributed by atoms with Crippen LogP contribution in [0, 0.1) is 0 Å². The Labute approximate surface area is 160 Å². The lowest BCUT2D eigenvalue weighted by Crippen LogP contribution is -2.48. The van der Waals surface area contributed by atoms with Gasteiger partial charge in [-0.2, -0.15) is 5.10 Å². The van der Waals surface area contributed by atoms with Crippen molar-refractivity contribution in [2.45, 2.75) is 45.6 Å². The van der Waals surface area contributed by atoms with Crippen LogP contribution >= 0.6 is 0 Å². The summed E-state index contributed by atoms with van der Waals surface area (Å²) in [5.41, 5.74) is 6.34. The van der Waals surface area contributed by atoms with Gasteiger partial charge in [-0.15, -0.1) is 0 Å². The summed E-state index contributed by atoms with van der Waals surface area (Å²) in [5, 5.41) is 13.8. The van der Waals surface area contributed by atoms with Crippen molar-refractivity contribution in [3.63, 3.8) is 0 Å². The fourth-order valence-electron chi connectivity index (χ4n) is 4.08. The van der Waals surface area contributed by atoms with Crippen LogP contribution in [0.4, 0.5) is 5.69 Å². The highest BCUT2D eigenvalue weighted by atomic mass is 16.3. The highest BCUT2D eigenvalue weighted by molar-refractivity contribution is 5.97. The van der Waals surface area contributed by atoms with E-state index in [1.807, 2.05) is 6.07 Å². The van der Waals surface area contributed by atoms with E-state index in [0.717, 1.165) is 18.5 Å². The summed E-state index contributed by atoms with van der Waals surface area (Å²) in [4.78, 5) is 14.5. The van der Waals surface area contributed by atoms with Crippen LogP contribution < -0.4 is 10.3 Å². The van der Waals surface area contributed by atoms with Gasteiger partial charge in [0.2, 0.25) is 0 Å². The zero-order valence-corrected chi connectivity index (χ0v) is 16.4. The topological polar surface area (TPSA) is 64.9 Å². The molecule has 3 rings (SSSR count). The number of para-hydroxylation sites is 1. The Bertz CT molecular complexity index is 874. The summed E-state index contributed by atoms with van der Waals surface area (Å²) in [6, 6.07) is 12.7. The first-order valence-corrected chi connectivity index (χ1v) is 9.36. The molecule has 1 aliphatic heterocycles. The minimum Gasteiger partial charge on any atom is -0.507 e.